The molecule has 1 heterocycles. The van der Waals surface area contributed by atoms with Crippen molar-refractivity contribution in [3.63, 3.8) is 0 Å². The molecule has 0 radical (unpaired) electrons. The Morgan fingerprint density at radius 1 is 1.18 bits per heavy atom. The average Bonchev–Trinajstić information content (AvgIpc) is 2.63. The van der Waals surface area contributed by atoms with Gasteiger partial charge in [-0.1, -0.05) is 18.2 Å². The minimum absolute atomic E-state index is 0.0114. The van der Waals surface area contributed by atoms with E-state index >= 15 is 0 Å². The van der Waals surface area contributed by atoms with Gasteiger partial charge in [0.05, 0.1) is 0 Å². The van der Waals surface area contributed by atoms with Crippen LogP contribution in [0.15, 0.2) is 42.6 Å². The lowest BCUT2D eigenvalue weighted by molar-refractivity contribution is -0.113. The molecule has 1 atom stereocenters. The van der Waals surface area contributed by atoms with Gasteiger partial charge >= 0.3 is 0 Å². The molecule has 2 aromatic carbocycles. The van der Waals surface area contributed by atoms with Gasteiger partial charge in [-0.05, 0) is 55.7 Å². The maximum Gasteiger partial charge on any atom is 0.236 e. The number of carbonyl (C=O) groups excluding carboxylic acids is 1. The molecule has 1 amide bonds. The first-order chi connectivity index (χ1) is 13.3. The Morgan fingerprint density at radius 3 is 2.71 bits per heavy atom. The number of rotatable bonds is 6. The summed E-state index contributed by atoms with van der Waals surface area (Å²) in [6.07, 6.45) is 3.37. The number of carbonyl (C=O) groups is 1. The van der Waals surface area contributed by atoms with E-state index in [1.807, 2.05) is 63.4 Å². The van der Waals surface area contributed by atoms with Gasteiger partial charge < -0.3 is 10.1 Å². The molecule has 5 nitrogen and oxygen atoms in total. The van der Waals surface area contributed by atoms with E-state index in [9.17, 15) is 9.00 Å². The molecule has 3 aromatic rings. The van der Waals surface area contributed by atoms with Crippen molar-refractivity contribution in [2.75, 3.05) is 17.3 Å². The van der Waals surface area contributed by atoms with E-state index in [-0.39, 0.29) is 11.7 Å². The average molecular weight is 397 g/mol. The molecule has 146 valence electrons. The normalized spacial score (nSPS) is 12.0. The van der Waals surface area contributed by atoms with Crippen molar-refractivity contribution in [3.05, 3.63) is 65.0 Å². The highest BCUT2D eigenvalue weighted by atomic mass is 32.2. The van der Waals surface area contributed by atoms with E-state index in [0.29, 0.717) is 6.61 Å². The summed E-state index contributed by atoms with van der Waals surface area (Å²) < 4.78 is 17.4. The summed E-state index contributed by atoms with van der Waals surface area (Å²) in [6, 6.07) is 11.8. The fourth-order valence-electron chi connectivity index (χ4n) is 3.14. The second-order valence-electron chi connectivity index (χ2n) is 6.89. The van der Waals surface area contributed by atoms with Gasteiger partial charge in [0.15, 0.2) is 0 Å². The van der Waals surface area contributed by atoms with Crippen LogP contribution in [-0.4, -0.2) is 27.1 Å². The van der Waals surface area contributed by atoms with Gasteiger partial charge in [-0.25, -0.2) is 0 Å². The Bertz CT molecular complexity index is 1060. The van der Waals surface area contributed by atoms with Crippen molar-refractivity contribution in [2.24, 2.45) is 0 Å². The quantitative estimate of drug-likeness (QED) is 0.682. The zero-order chi connectivity index (χ0) is 20.3. The van der Waals surface area contributed by atoms with Gasteiger partial charge in [0, 0.05) is 45.4 Å². The number of benzene rings is 2. The minimum atomic E-state index is -1.17. The molecule has 0 spiro atoms. The van der Waals surface area contributed by atoms with Crippen LogP contribution in [0.4, 0.5) is 5.69 Å². The first-order valence-corrected chi connectivity index (χ1v) is 10.7. The molecule has 0 saturated heterocycles. The lowest BCUT2D eigenvalue weighted by Crippen LogP contribution is -2.20. The Balaban J connectivity index is 1.85. The van der Waals surface area contributed by atoms with E-state index in [1.54, 1.807) is 0 Å². The Morgan fingerprint density at radius 2 is 1.96 bits per heavy atom. The van der Waals surface area contributed by atoms with Crippen LogP contribution in [0.1, 0.15) is 22.4 Å². The summed E-state index contributed by atoms with van der Waals surface area (Å²) in [7, 11) is -1.17. The number of anilines is 1. The fourth-order valence-corrected chi connectivity index (χ4v) is 3.58. The molecule has 0 bridgehead atoms. The van der Waals surface area contributed by atoms with Gasteiger partial charge in [0.25, 0.3) is 0 Å². The highest BCUT2D eigenvalue weighted by Crippen LogP contribution is 2.28. The summed E-state index contributed by atoms with van der Waals surface area (Å²) >= 11 is 0. The molecule has 0 aliphatic rings. The summed E-state index contributed by atoms with van der Waals surface area (Å²) in [5.41, 5.74) is 4.73. The van der Waals surface area contributed by atoms with Crippen LogP contribution in [-0.2, 0) is 22.2 Å². The smallest absolute Gasteiger partial charge is 0.236 e. The summed E-state index contributed by atoms with van der Waals surface area (Å²) in [4.78, 5) is 16.3. The molecular weight excluding hydrogens is 372 g/mol. The molecule has 0 fully saturated rings. The SMILES string of the molecule is Cc1cc2c(OCc3c(C)ccc(NC(=O)CS(C)=O)c3C)cccc2cn1. The molecule has 0 saturated carbocycles. The number of fused-ring (bicyclic) bond motifs is 1. The van der Waals surface area contributed by atoms with E-state index < -0.39 is 10.8 Å². The molecule has 3 rings (SSSR count). The Kier molecular flexibility index (Phi) is 6.09. The van der Waals surface area contributed by atoms with Crippen LogP contribution in [0, 0.1) is 20.8 Å². The molecule has 1 aromatic heterocycles. The number of aryl methyl sites for hydroxylation is 2. The lowest BCUT2D eigenvalue weighted by atomic mass is 10.0. The molecule has 1 N–H and O–H groups in total. The second-order valence-corrected chi connectivity index (χ2v) is 8.33. The van der Waals surface area contributed by atoms with E-state index in [1.165, 1.54) is 6.26 Å². The van der Waals surface area contributed by atoms with Crippen LogP contribution in [0.25, 0.3) is 10.8 Å². The maximum atomic E-state index is 12.0. The van der Waals surface area contributed by atoms with Crippen LogP contribution in [0.2, 0.25) is 0 Å². The summed E-state index contributed by atoms with van der Waals surface area (Å²) in [5.74, 6) is 0.539. The largest absolute Gasteiger partial charge is 0.488 e. The highest BCUT2D eigenvalue weighted by molar-refractivity contribution is 7.85. The third-order valence-corrected chi connectivity index (χ3v) is 5.34. The number of aromatic nitrogens is 1. The van der Waals surface area contributed by atoms with Gasteiger partial charge in [0.1, 0.15) is 18.1 Å². The lowest BCUT2D eigenvalue weighted by Gasteiger charge is -2.16. The van der Waals surface area contributed by atoms with Crippen molar-refractivity contribution in [1.29, 1.82) is 0 Å². The first-order valence-electron chi connectivity index (χ1n) is 9.02. The van der Waals surface area contributed by atoms with Crippen LogP contribution in [0.5, 0.6) is 5.75 Å². The number of nitrogens with zero attached hydrogens (tertiary/aromatic N) is 1. The third kappa shape index (κ3) is 4.57. The van der Waals surface area contributed by atoms with E-state index in [2.05, 4.69) is 10.3 Å². The Hall–Kier alpha value is -2.73. The topological polar surface area (TPSA) is 68.3 Å². The third-order valence-electron chi connectivity index (χ3n) is 4.67. The maximum absolute atomic E-state index is 12.0. The van der Waals surface area contributed by atoms with E-state index in [4.69, 9.17) is 4.74 Å². The second kappa shape index (κ2) is 8.52. The Labute approximate surface area is 167 Å². The molecule has 1 unspecified atom stereocenters. The number of amides is 1. The first kappa shape index (κ1) is 20.0. The predicted molar refractivity (Wildman–Crippen MR) is 114 cm³/mol. The monoisotopic (exact) mass is 396 g/mol. The van der Waals surface area contributed by atoms with Crippen LogP contribution >= 0.6 is 0 Å². The van der Waals surface area contributed by atoms with Gasteiger partial charge in [-0.2, -0.15) is 0 Å². The molecule has 0 aliphatic carbocycles. The summed E-state index contributed by atoms with van der Waals surface area (Å²) in [5, 5.41) is 4.91. The van der Waals surface area contributed by atoms with Crippen LogP contribution in [0.3, 0.4) is 0 Å². The molecule has 0 aliphatic heterocycles. The molecular formula is C22H24N2O3S. The van der Waals surface area contributed by atoms with Crippen molar-refractivity contribution < 1.29 is 13.7 Å². The number of nitrogens with one attached hydrogen (secondary N) is 1. The van der Waals surface area contributed by atoms with Crippen LogP contribution < -0.4 is 10.1 Å². The van der Waals surface area contributed by atoms with E-state index in [0.717, 1.165) is 44.6 Å². The fraction of sp³-hybridized carbons (Fsp3) is 0.273. The minimum Gasteiger partial charge on any atom is -0.488 e. The zero-order valence-corrected chi connectivity index (χ0v) is 17.4. The summed E-state index contributed by atoms with van der Waals surface area (Å²) in [6.45, 7) is 6.33. The number of hydrogen-bond donors (Lipinski definition) is 1. The zero-order valence-electron chi connectivity index (χ0n) is 16.5. The molecule has 6 heteroatoms. The van der Waals surface area contributed by atoms with Crippen molar-refractivity contribution in [3.8, 4) is 5.75 Å². The van der Waals surface area contributed by atoms with Gasteiger partial charge in [-0.3, -0.25) is 14.0 Å². The standard InChI is InChI=1S/C22H24N2O3S/c1-14-8-9-20(24-22(25)13-28(4)26)16(3)19(14)12-27-21-7-5-6-17-11-23-15(2)10-18(17)21/h5-11H,12-13H2,1-4H3,(H,24,25). The van der Waals surface area contributed by atoms with Crippen molar-refractivity contribution in [1.82, 2.24) is 4.98 Å². The van der Waals surface area contributed by atoms with Crippen molar-refractivity contribution >= 4 is 33.2 Å². The van der Waals surface area contributed by atoms with Gasteiger partial charge in [-0.15, -0.1) is 0 Å². The number of hydrogen-bond acceptors (Lipinski definition) is 4. The molecule has 28 heavy (non-hydrogen) atoms. The number of ether oxygens (including phenoxy) is 1. The highest BCUT2D eigenvalue weighted by Gasteiger charge is 2.12. The predicted octanol–water partition coefficient (Wildman–Crippen LogP) is 4.06. The number of pyridine rings is 1. The van der Waals surface area contributed by atoms with Crippen molar-refractivity contribution in [2.45, 2.75) is 27.4 Å². The van der Waals surface area contributed by atoms with Gasteiger partial charge in [0.2, 0.25) is 5.91 Å².